The van der Waals surface area contributed by atoms with Gasteiger partial charge in [-0.05, 0) is 81.3 Å². The molecule has 1 aliphatic heterocycles. The van der Waals surface area contributed by atoms with Crippen LogP contribution in [-0.4, -0.2) is 37.6 Å². The van der Waals surface area contributed by atoms with Crippen molar-refractivity contribution >= 4 is 0 Å². The van der Waals surface area contributed by atoms with E-state index >= 15 is 0 Å². The fraction of sp³-hybridized carbons (Fsp3) is 0.667. The predicted molar refractivity (Wildman–Crippen MR) is 87.6 cm³/mol. The van der Waals surface area contributed by atoms with Gasteiger partial charge >= 0.3 is 0 Å². The number of nitrogens with one attached hydrogen (secondary N) is 1. The maximum absolute atomic E-state index is 3.42. The summed E-state index contributed by atoms with van der Waals surface area (Å²) in [7, 11) is 0. The van der Waals surface area contributed by atoms with E-state index in [1.807, 2.05) is 0 Å². The average molecular weight is 274 g/mol. The average Bonchev–Trinajstić information content (AvgIpc) is 2.45. The van der Waals surface area contributed by atoms with Crippen molar-refractivity contribution in [2.75, 3.05) is 32.7 Å². The number of aryl methyl sites for hydroxylation is 2. The predicted octanol–water partition coefficient (Wildman–Crippen LogP) is 3.15. The van der Waals surface area contributed by atoms with Gasteiger partial charge in [-0.15, -0.1) is 0 Å². The molecule has 2 nitrogen and oxygen atoms in total. The van der Waals surface area contributed by atoms with Gasteiger partial charge in [0.05, 0.1) is 0 Å². The van der Waals surface area contributed by atoms with Crippen molar-refractivity contribution in [3.8, 4) is 0 Å². The minimum atomic E-state index is 1.16. The Morgan fingerprint density at radius 2 is 1.55 bits per heavy atom. The molecule has 1 aromatic carbocycles. The quantitative estimate of drug-likeness (QED) is 0.830. The third-order valence-corrected chi connectivity index (χ3v) is 4.88. The van der Waals surface area contributed by atoms with Crippen LogP contribution < -0.4 is 5.32 Å². The molecule has 0 bridgehead atoms. The summed E-state index contributed by atoms with van der Waals surface area (Å²) in [5.41, 5.74) is 7.52. The van der Waals surface area contributed by atoms with Crippen molar-refractivity contribution in [2.45, 2.75) is 47.0 Å². The summed E-state index contributed by atoms with van der Waals surface area (Å²) in [6, 6.07) is 2.33. The molecule has 112 valence electrons. The highest BCUT2D eigenvalue weighted by Gasteiger charge is 2.10. The lowest BCUT2D eigenvalue weighted by atomic mass is 9.91. The van der Waals surface area contributed by atoms with E-state index in [0.717, 1.165) is 13.1 Å². The molecule has 1 fully saturated rings. The van der Waals surface area contributed by atoms with Crippen LogP contribution in [0.25, 0.3) is 0 Å². The number of piperazine rings is 1. The Labute approximate surface area is 124 Å². The smallest absolute Gasteiger partial charge is 0.0107 e. The normalized spacial score (nSPS) is 16.6. The van der Waals surface area contributed by atoms with Gasteiger partial charge in [0.25, 0.3) is 0 Å². The summed E-state index contributed by atoms with van der Waals surface area (Å²) in [6.45, 7) is 15.1. The Balaban J connectivity index is 1.84. The molecule has 2 rings (SSSR count). The second-order valence-electron chi connectivity index (χ2n) is 6.29. The van der Waals surface area contributed by atoms with Crippen LogP contribution in [0.15, 0.2) is 6.07 Å². The second kappa shape index (κ2) is 7.24. The van der Waals surface area contributed by atoms with Crippen LogP contribution in [0.5, 0.6) is 0 Å². The number of hydrogen-bond acceptors (Lipinski definition) is 2. The molecule has 20 heavy (non-hydrogen) atoms. The lowest BCUT2D eigenvalue weighted by Crippen LogP contribution is -2.43. The third-order valence-electron chi connectivity index (χ3n) is 4.88. The first kappa shape index (κ1) is 15.5. The van der Waals surface area contributed by atoms with Gasteiger partial charge in [0.1, 0.15) is 0 Å². The van der Waals surface area contributed by atoms with Crippen molar-refractivity contribution in [2.24, 2.45) is 0 Å². The lowest BCUT2D eigenvalue weighted by Gasteiger charge is -2.27. The molecule has 0 radical (unpaired) electrons. The first-order valence-corrected chi connectivity index (χ1v) is 8.09. The van der Waals surface area contributed by atoms with Crippen LogP contribution in [0, 0.1) is 27.7 Å². The largest absolute Gasteiger partial charge is 0.314 e. The van der Waals surface area contributed by atoms with Crippen molar-refractivity contribution in [1.29, 1.82) is 0 Å². The summed E-state index contributed by atoms with van der Waals surface area (Å²) in [4.78, 5) is 2.59. The van der Waals surface area contributed by atoms with Gasteiger partial charge in [-0.1, -0.05) is 6.07 Å². The number of benzene rings is 1. The molecule has 1 aromatic rings. The lowest BCUT2D eigenvalue weighted by molar-refractivity contribution is 0.237. The first-order valence-electron chi connectivity index (χ1n) is 8.09. The first-order chi connectivity index (χ1) is 9.59. The Morgan fingerprint density at radius 1 is 0.950 bits per heavy atom. The molecular weight excluding hydrogens is 244 g/mol. The van der Waals surface area contributed by atoms with Crippen molar-refractivity contribution in [3.63, 3.8) is 0 Å². The maximum Gasteiger partial charge on any atom is 0.0107 e. The second-order valence-corrected chi connectivity index (χ2v) is 6.29. The van der Waals surface area contributed by atoms with Gasteiger partial charge in [0, 0.05) is 26.2 Å². The minimum Gasteiger partial charge on any atom is -0.314 e. The zero-order valence-electron chi connectivity index (χ0n) is 13.7. The molecule has 0 saturated carbocycles. The molecule has 1 aliphatic rings. The summed E-state index contributed by atoms with van der Waals surface area (Å²) in [5.74, 6) is 0. The van der Waals surface area contributed by atoms with Crippen LogP contribution in [0.1, 0.15) is 40.7 Å². The van der Waals surface area contributed by atoms with Gasteiger partial charge in [0.15, 0.2) is 0 Å². The summed E-state index contributed by atoms with van der Waals surface area (Å²) in [5, 5.41) is 3.42. The fourth-order valence-corrected chi connectivity index (χ4v) is 3.25. The Morgan fingerprint density at radius 3 is 2.15 bits per heavy atom. The Hall–Kier alpha value is -0.860. The van der Waals surface area contributed by atoms with E-state index in [1.54, 1.807) is 5.56 Å². The van der Waals surface area contributed by atoms with Gasteiger partial charge in [-0.2, -0.15) is 0 Å². The molecule has 0 spiro atoms. The minimum absolute atomic E-state index is 1.16. The standard InChI is InChI=1S/C18H30N2/c1-14-13-15(2)17(4)18(16(14)3)7-5-6-10-20-11-8-19-9-12-20/h13,19H,5-12H2,1-4H3. The number of unbranched alkanes of at least 4 members (excludes halogenated alkanes) is 1. The molecule has 1 saturated heterocycles. The number of hydrogen-bond donors (Lipinski definition) is 1. The Kier molecular flexibility index (Phi) is 5.62. The molecule has 1 N–H and O–H groups in total. The van der Waals surface area contributed by atoms with Crippen LogP contribution >= 0.6 is 0 Å². The van der Waals surface area contributed by atoms with E-state index in [1.165, 1.54) is 61.2 Å². The molecule has 0 aromatic heterocycles. The molecule has 0 unspecified atom stereocenters. The zero-order valence-corrected chi connectivity index (χ0v) is 13.7. The van der Waals surface area contributed by atoms with Gasteiger partial charge in [0.2, 0.25) is 0 Å². The van der Waals surface area contributed by atoms with E-state index in [-0.39, 0.29) is 0 Å². The summed E-state index contributed by atoms with van der Waals surface area (Å²) < 4.78 is 0. The summed E-state index contributed by atoms with van der Waals surface area (Å²) in [6.07, 6.45) is 3.88. The van der Waals surface area contributed by atoms with E-state index in [9.17, 15) is 0 Å². The van der Waals surface area contributed by atoms with Crippen molar-refractivity contribution in [3.05, 3.63) is 33.9 Å². The highest BCUT2D eigenvalue weighted by molar-refractivity contribution is 5.43. The molecule has 0 aliphatic carbocycles. The van der Waals surface area contributed by atoms with E-state index in [4.69, 9.17) is 0 Å². The zero-order chi connectivity index (χ0) is 14.5. The van der Waals surface area contributed by atoms with E-state index in [2.05, 4.69) is 44.0 Å². The van der Waals surface area contributed by atoms with Crippen LogP contribution in [0.4, 0.5) is 0 Å². The fourth-order valence-electron chi connectivity index (χ4n) is 3.25. The topological polar surface area (TPSA) is 15.3 Å². The van der Waals surface area contributed by atoms with Gasteiger partial charge < -0.3 is 10.2 Å². The molecule has 2 heteroatoms. The van der Waals surface area contributed by atoms with E-state index < -0.39 is 0 Å². The molecule has 1 heterocycles. The van der Waals surface area contributed by atoms with Crippen molar-refractivity contribution < 1.29 is 0 Å². The molecule has 0 amide bonds. The highest BCUT2D eigenvalue weighted by atomic mass is 15.2. The maximum atomic E-state index is 3.42. The third kappa shape index (κ3) is 3.83. The SMILES string of the molecule is Cc1cc(C)c(C)c(CCCCN2CCNCC2)c1C. The van der Waals surface area contributed by atoms with Crippen LogP contribution in [0.2, 0.25) is 0 Å². The monoisotopic (exact) mass is 274 g/mol. The van der Waals surface area contributed by atoms with Crippen LogP contribution in [0.3, 0.4) is 0 Å². The molecular formula is C18H30N2. The van der Waals surface area contributed by atoms with Crippen LogP contribution in [-0.2, 0) is 6.42 Å². The molecule has 0 atom stereocenters. The Bertz CT molecular complexity index is 419. The number of rotatable bonds is 5. The van der Waals surface area contributed by atoms with E-state index in [0.29, 0.717) is 0 Å². The van der Waals surface area contributed by atoms with Crippen molar-refractivity contribution in [1.82, 2.24) is 10.2 Å². The summed E-state index contributed by atoms with van der Waals surface area (Å²) >= 11 is 0. The number of nitrogens with zero attached hydrogens (tertiary/aromatic N) is 1. The van der Waals surface area contributed by atoms with Gasteiger partial charge in [-0.25, -0.2) is 0 Å². The highest BCUT2D eigenvalue weighted by Crippen LogP contribution is 2.23. The van der Waals surface area contributed by atoms with Gasteiger partial charge in [-0.3, -0.25) is 0 Å².